The van der Waals surface area contributed by atoms with E-state index < -0.39 is 0 Å². The van der Waals surface area contributed by atoms with Gasteiger partial charge in [0.1, 0.15) is 12.4 Å². The third-order valence-electron chi connectivity index (χ3n) is 4.48. The predicted octanol–water partition coefficient (Wildman–Crippen LogP) is 2.66. The number of benzene rings is 2. The summed E-state index contributed by atoms with van der Waals surface area (Å²) in [6, 6.07) is 18.5. The SMILES string of the molecule is CCNC(=NCc1ccc(N2CCOCC2)cc1)NCCOc1ccccc1. The molecule has 0 amide bonds. The van der Waals surface area contributed by atoms with Gasteiger partial charge in [-0.1, -0.05) is 30.3 Å². The van der Waals surface area contributed by atoms with Gasteiger partial charge in [0.05, 0.1) is 26.3 Å². The number of ether oxygens (including phenoxy) is 2. The van der Waals surface area contributed by atoms with Crippen LogP contribution in [0.25, 0.3) is 0 Å². The van der Waals surface area contributed by atoms with Crippen LogP contribution < -0.4 is 20.3 Å². The summed E-state index contributed by atoms with van der Waals surface area (Å²) in [5.41, 5.74) is 2.44. The van der Waals surface area contributed by atoms with Crippen molar-refractivity contribution in [1.82, 2.24) is 10.6 Å². The molecule has 0 saturated carbocycles. The molecule has 2 aromatic rings. The van der Waals surface area contributed by atoms with E-state index in [-0.39, 0.29) is 0 Å². The fourth-order valence-electron chi connectivity index (χ4n) is 3.00. The van der Waals surface area contributed by atoms with Gasteiger partial charge in [-0.3, -0.25) is 0 Å². The number of nitrogens with one attached hydrogen (secondary N) is 2. The first-order valence-electron chi connectivity index (χ1n) is 9.97. The molecule has 0 unspecified atom stereocenters. The smallest absolute Gasteiger partial charge is 0.191 e. The molecule has 2 N–H and O–H groups in total. The van der Waals surface area contributed by atoms with Gasteiger partial charge in [0.2, 0.25) is 0 Å². The highest BCUT2D eigenvalue weighted by Gasteiger charge is 2.10. The molecule has 1 saturated heterocycles. The van der Waals surface area contributed by atoms with Gasteiger partial charge < -0.3 is 25.0 Å². The molecule has 6 heteroatoms. The van der Waals surface area contributed by atoms with Crippen LogP contribution in [0.3, 0.4) is 0 Å². The third-order valence-corrected chi connectivity index (χ3v) is 4.48. The van der Waals surface area contributed by atoms with Crippen molar-refractivity contribution in [3.05, 3.63) is 60.2 Å². The van der Waals surface area contributed by atoms with Crippen LogP contribution in [-0.4, -0.2) is 52.0 Å². The number of hydrogen-bond acceptors (Lipinski definition) is 4. The largest absolute Gasteiger partial charge is 0.492 e. The summed E-state index contributed by atoms with van der Waals surface area (Å²) < 4.78 is 11.1. The number of anilines is 1. The normalized spacial score (nSPS) is 14.6. The fourth-order valence-corrected chi connectivity index (χ4v) is 3.00. The molecule has 1 aliphatic rings. The Labute approximate surface area is 167 Å². The van der Waals surface area contributed by atoms with Crippen molar-refractivity contribution in [2.24, 2.45) is 4.99 Å². The molecule has 150 valence electrons. The summed E-state index contributed by atoms with van der Waals surface area (Å²) in [5, 5.41) is 6.59. The molecule has 1 aliphatic heterocycles. The van der Waals surface area contributed by atoms with E-state index in [4.69, 9.17) is 9.47 Å². The molecule has 0 bridgehead atoms. The Kier molecular flexibility index (Phi) is 8.00. The lowest BCUT2D eigenvalue weighted by Gasteiger charge is -2.28. The summed E-state index contributed by atoms with van der Waals surface area (Å²) in [6.07, 6.45) is 0. The lowest BCUT2D eigenvalue weighted by Crippen LogP contribution is -2.39. The molecule has 1 heterocycles. The number of hydrogen-bond donors (Lipinski definition) is 2. The maximum atomic E-state index is 5.71. The van der Waals surface area contributed by atoms with Gasteiger partial charge >= 0.3 is 0 Å². The summed E-state index contributed by atoms with van der Waals surface area (Å²) in [4.78, 5) is 7.03. The average molecular weight is 383 g/mol. The van der Waals surface area contributed by atoms with Crippen LogP contribution in [0.5, 0.6) is 5.75 Å². The number of morpholine rings is 1. The molecule has 1 fully saturated rings. The Morgan fingerprint density at radius 2 is 1.79 bits per heavy atom. The maximum absolute atomic E-state index is 5.71. The Morgan fingerprint density at radius 3 is 2.50 bits per heavy atom. The van der Waals surface area contributed by atoms with E-state index >= 15 is 0 Å². The summed E-state index contributed by atoms with van der Waals surface area (Å²) in [5.74, 6) is 1.68. The number of guanidine groups is 1. The van der Waals surface area contributed by atoms with Gasteiger partial charge in [0.25, 0.3) is 0 Å². The van der Waals surface area contributed by atoms with E-state index in [0.29, 0.717) is 19.7 Å². The van der Waals surface area contributed by atoms with Crippen LogP contribution in [0.15, 0.2) is 59.6 Å². The molecule has 28 heavy (non-hydrogen) atoms. The Morgan fingerprint density at radius 1 is 1.04 bits per heavy atom. The third kappa shape index (κ3) is 6.46. The van der Waals surface area contributed by atoms with E-state index in [1.54, 1.807) is 0 Å². The monoisotopic (exact) mass is 382 g/mol. The molecule has 0 aromatic heterocycles. The minimum Gasteiger partial charge on any atom is -0.492 e. The topological polar surface area (TPSA) is 58.1 Å². The van der Waals surface area contributed by atoms with Crippen molar-refractivity contribution in [2.45, 2.75) is 13.5 Å². The Bertz CT molecular complexity index is 713. The molecule has 3 rings (SSSR count). The molecule has 2 aromatic carbocycles. The van der Waals surface area contributed by atoms with E-state index in [2.05, 4.69) is 51.7 Å². The highest BCUT2D eigenvalue weighted by atomic mass is 16.5. The second-order valence-electron chi connectivity index (χ2n) is 6.55. The van der Waals surface area contributed by atoms with Crippen molar-refractivity contribution in [3.63, 3.8) is 0 Å². The molecule has 0 radical (unpaired) electrons. The number of aliphatic imine (C=N–C) groups is 1. The predicted molar refractivity (Wildman–Crippen MR) is 114 cm³/mol. The van der Waals surface area contributed by atoms with E-state index in [0.717, 1.165) is 44.6 Å². The average Bonchev–Trinajstić information content (AvgIpc) is 2.76. The lowest BCUT2D eigenvalue weighted by atomic mass is 10.2. The minimum absolute atomic E-state index is 0.586. The number of para-hydroxylation sites is 1. The highest BCUT2D eigenvalue weighted by molar-refractivity contribution is 5.79. The van der Waals surface area contributed by atoms with Crippen molar-refractivity contribution in [2.75, 3.05) is 50.9 Å². The van der Waals surface area contributed by atoms with Crippen LogP contribution in [0.1, 0.15) is 12.5 Å². The van der Waals surface area contributed by atoms with Crippen LogP contribution in [0.4, 0.5) is 5.69 Å². The summed E-state index contributed by atoms with van der Waals surface area (Å²) in [6.45, 7) is 8.32. The molecular weight excluding hydrogens is 352 g/mol. The molecule has 0 atom stereocenters. The Hall–Kier alpha value is -2.73. The quantitative estimate of drug-likeness (QED) is 0.418. The zero-order chi connectivity index (χ0) is 19.4. The van der Waals surface area contributed by atoms with E-state index in [1.165, 1.54) is 11.3 Å². The first-order valence-corrected chi connectivity index (χ1v) is 9.97. The minimum atomic E-state index is 0.586. The first kappa shape index (κ1) is 20.0. The molecule has 6 nitrogen and oxygen atoms in total. The Balaban J connectivity index is 1.46. The van der Waals surface area contributed by atoms with Crippen LogP contribution in [0, 0.1) is 0 Å². The van der Waals surface area contributed by atoms with E-state index in [1.807, 2.05) is 30.3 Å². The van der Waals surface area contributed by atoms with E-state index in [9.17, 15) is 0 Å². The number of rotatable bonds is 8. The van der Waals surface area contributed by atoms with Crippen molar-refractivity contribution < 1.29 is 9.47 Å². The molecule has 0 aliphatic carbocycles. The summed E-state index contributed by atoms with van der Waals surface area (Å²) >= 11 is 0. The van der Waals surface area contributed by atoms with Gasteiger partial charge in [-0.05, 0) is 36.8 Å². The van der Waals surface area contributed by atoms with Crippen molar-refractivity contribution in [3.8, 4) is 5.75 Å². The van der Waals surface area contributed by atoms with Gasteiger partial charge in [0, 0.05) is 25.3 Å². The van der Waals surface area contributed by atoms with Crippen LogP contribution >= 0.6 is 0 Å². The number of nitrogens with zero attached hydrogens (tertiary/aromatic N) is 2. The zero-order valence-corrected chi connectivity index (χ0v) is 16.6. The second-order valence-corrected chi connectivity index (χ2v) is 6.55. The first-order chi connectivity index (χ1) is 13.8. The van der Waals surface area contributed by atoms with Crippen molar-refractivity contribution in [1.29, 1.82) is 0 Å². The van der Waals surface area contributed by atoms with Crippen LogP contribution in [-0.2, 0) is 11.3 Å². The highest BCUT2D eigenvalue weighted by Crippen LogP contribution is 2.17. The standard InChI is InChI=1S/C22H30N4O2/c1-2-23-22(24-12-15-28-21-6-4-3-5-7-21)25-18-19-8-10-20(11-9-19)26-13-16-27-17-14-26/h3-11H,2,12-18H2,1H3,(H2,23,24,25). The van der Waals surface area contributed by atoms with Gasteiger partial charge in [-0.15, -0.1) is 0 Å². The molecular formula is C22H30N4O2. The van der Waals surface area contributed by atoms with Crippen LogP contribution in [0.2, 0.25) is 0 Å². The maximum Gasteiger partial charge on any atom is 0.191 e. The van der Waals surface area contributed by atoms with Crippen molar-refractivity contribution >= 4 is 11.6 Å². The fraction of sp³-hybridized carbons (Fsp3) is 0.409. The van der Waals surface area contributed by atoms with Gasteiger partial charge in [-0.25, -0.2) is 4.99 Å². The lowest BCUT2D eigenvalue weighted by molar-refractivity contribution is 0.122. The zero-order valence-electron chi connectivity index (χ0n) is 16.6. The van der Waals surface area contributed by atoms with Gasteiger partial charge in [-0.2, -0.15) is 0 Å². The second kappa shape index (κ2) is 11.2. The summed E-state index contributed by atoms with van der Waals surface area (Å²) in [7, 11) is 0. The molecule has 0 spiro atoms. The van der Waals surface area contributed by atoms with Gasteiger partial charge in [0.15, 0.2) is 5.96 Å².